The summed E-state index contributed by atoms with van der Waals surface area (Å²) in [6.07, 6.45) is 11.8. The molecule has 1 saturated carbocycles. The van der Waals surface area contributed by atoms with Gasteiger partial charge >= 0.3 is 0 Å². The van der Waals surface area contributed by atoms with Gasteiger partial charge in [-0.15, -0.1) is 0 Å². The summed E-state index contributed by atoms with van der Waals surface area (Å²) in [6, 6.07) is 14.7. The minimum atomic E-state index is 0.219. The largest absolute Gasteiger partial charge is 0.507 e. The number of aromatic hydroxyl groups is 1. The van der Waals surface area contributed by atoms with Crippen LogP contribution < -0.4 is 10.6 Å². The van der Waals surface area contributed by atoms with Gasteiger partial charge in [0.05, 0.1) is 7.05 Å². The molecule has 2 aromatic carbocycles. The molecule has 1 aliphatic rings. The Morgan fingerprint density at radius 1 is 1.07 bits per heavy atom. The smallest absolute Gasteiger partial charge is 0.133 e. The summed E-state index contributed by atoms with van der Waals surface area (Å²) in [4.78, 5) is 0. The van der Waals surface area contributed by atoms with Crippen LogP contribution in [0.25, 0.3) is 6.08 Å². The van der Waals surface area contributed by atoms with Crippen molar-refractivity contribution in [2.24, 2.45) is 0 Å². The lowest BCUT2D eigenvalue weighted by atomic mass is 9.67. The Balaban J connectivity index is 0.00000145. The number of nitrogens with two attached hydrogens (primary N) is 1. The summed E-state index contributed by atoms with van der Waals surface area (Å²) in [5.74, 6) is 0.338. The highest BCUT2D eigenvalue weighted by Crippen LogP contribution is 2.44. The third-order valence-electron chi connectivity index (χ3n) is 5.87. The lowest BCUT2D eigenvalue weighted by molar-refractivity contribution is -0.540. The third kappa shape index (κ3) is 5.86. The molecule has 0 radical (unpaired) electrons. The first-order valence-electron chi connectivity index (χ1n) is 11.3. The molecule has 3 nitrogen and oxygen atoms in total. The third-order valence-corrected chi connectivity index (χ3v) is 5.87. The highest BCUT2D eigenvalue weighted by atomic mass is 16.3. The second kappa shape index (κ2) is 11.7. The maximum Gasteiger partial charge on any atom is 0.133 e. The topological polar surface area (TPSA) is 48.9 Å². The molecule has 1 fully saturated rings. The molecule has 0 bridgehead atoms. The van der Waals surface area contributed by atoms with Gasteiger partial charge in [-0.25, -0.2) is 0 Å². The van der Waals surface area contributed by atoms with Crippen LogP contribution in [0, 0.1) is 0 Å². The number of para-hydroxylation sites is 1. The molecule has 29 heavy (non-hydrogen) atoms. The summed E-state index contributed by atoms with van der Waals surface area (Å²) < 4.78 is 0. The van der Waals surface area contributed by atoms with Gasteiger partial charge < -0.3 is 15.7 Å². The molecular weight excluding hydrogens is 356 g/mol. The van der Waals surface area contributed by atoms with Crippen molar-refractivity contribution in [2.75, 3.05) is 18.9 Å². The average molecular weight is 396 g/mol. The van der Waals surface area contributed by atoms with Crippen LogP contribution in [-0.4, -0.2) is 18.7 Å². The quantitative estimate of drug-likeness (QED) is 0.505. The second-order valence-electron chi connectivity index (χ2n) is 7.63. The van der Waals surface area contributed by atoms with Gasteiger partial charge in [-0.3, -0.25) is 0 Å². The highest BCUT2D eigenvalue weighted by Gasteiger charge is 2.35. The monoisotopic (exact) mass is 395 g/mol. The maximum atomic E-state index is 10.3. The van der Waals surface area contributed by atoms with E-state index in [4.69, 9.17) is 0 Å². The van der Waals surface area contributed by atoms with E-state index in [-0.39, 0.29) is 5.41 Å². The molecule has 0 heterocycles. The van der Waals surface area contributed by atoms with E-state index in [2.05, 4.69) is 61.0 Å². The fourth-order valence-corrected chi connectivity index (χ4v) is 4.45. The van der Waals surface area contributed by atoms with Gasteiger partial charge in [0.2, 0.25) is 0 Å². The zero-order valence-corrected chi connectivity index (χ0v) is 18.7. The molecule has 0 spiro atoms. The van der Waals surface area contributed by atoms with E-state index in [9.17, 15) is 5.11 Å². The van der Waals surface area contributed by atoms with Crippen molar-refractivity contribution in [3.63, 3.8) is 0 Å². The highest BCUT2D eigenvalue weighted by molar-refractivity contribution is 5.62. The van der Waals surface area contributed by atoms with Crippen LogP contribution in [0.2, 0.25) is 0 Å². The van der Waals surface area contributed by atoms with Crippen LogP contribution in [0.5, 0.6) is 5.75 Å². The van der Waals surface area contributed by atoms with E-state index < -0.39 is 0 Å². The van der Waals surface area contributed by atoms with Crippen molar-refractivity contribution in [1.29, 1.82) is 0 Å². The van der Waals surface area contributed by atoms with Crippen LogP contribution in [-0.2, 0) is 5.41 Å². The van der Waals surface area contributed by atoms with Crippen molar-refractivity contribution in [1.82, 2.24) is 0 Å². The molecule has 3 heteroatoms. The average Bonchev–Trinajstić information content (AvgIpc) is 2.77. The van der Waals surface area contributed by atoms with Crippen LogP contribution in [0.4, 0.5) is 11.4 Å². The zero-order chi connectivity index (χ0) is 21.1. The van der Waals surface area contributed by atoms with Crippen LogP contribution in [0.15, 0.2) is 48.5 Å². The summed E-state index contributed by atoms with van der Waals surface area (Å²) >= 11 is 0. The number of phenols is 1. The lowest BCUT2D eigenvalue weighted by Gasteiger charge is -2.37. The molecule has 4 N–H and O–H groups in total. The molecule has 0 saturated heterocycles. The van der Waals surface area contributed by atoms with E-state index in [1.807, 2.05) is 26.0 Å². The number of quaternary nitrogens is 1. The molecule has 2 aromatic rings. The van der Waals surface area contributed by atoms with E-state index in [0.29, 0.717) is 5.75 Å². The van der Waals surface area contributed by atoms with Crippen molar-refractivity contribution >= 4 is 17.5 Å². The van der Waals surface area contributed by atoms with Gasteiger partial charge in [-0.1, -0.05) is 63.5 Å². The van der Waals surface area contributed by atoms with E-state index >= 15 is 0 Å². The molecule has 158 valence electrons. The van der Waals surface area contributed by atoms with Crippen LogP contribution >= 0.6 is 0 Å². The molecule has 0 aliphatic heterocycles. The number of hydrogen-bond donors (Lipinski definition) is 3. The Bertz CT molecular complexity index is 776. The second-order valence-corrected chi connectivity index (χ2v) is 7.63. The number of hydrogen-bond acceptors (Lipinski definition) is 2. The fourth-order valence-electron chi connectivity index (χ4n) is 4.45. The fraction of sp³-hybridized carbons (Fsp3) is 0.462. The van der Waals surface area contributed by atoms with Crippen molar-refractivity contribution in [2.45, 2.75) is 64.7 Å². The van der Waals surface area contributed by atoms with E-state index in [1.165, 1.54) is 43.4 Å². The number of rotatable bonds is 7. The first kappa shape index (κ1) is 23.0. The maximum absolute atomic E-state index is 10.3. The van der Waals surface area contributed by atoms with Crippen LogP contribution in [0.3, 0.4) is 0 Å². The summed E-state index contributed by atoms with van der Waals surface area (Å²) in [7, 11) is 2.13. The van der Waals surface area contributed by atoms with Gasteiger partial charge in [0.25, 0.3) is 0 Å². The molecule has 0 unspecified atom stereocenters. The number of phenolic OH excluding ortho intramolecular Hbond substituents is 1. The Morgan fingerprint density at radius 2 is 1.79 bits per heavy atom. The number of allylic oxidation sites excluding steroid dienone is 1. The minimum Gasteiger partial charge on any atom is -0.507 e. The molecule has 1 aliphatic carbocycles. The first-order chi connectivity index (χ1) is 14.2. The standard InChI is InChI=1S/C24H32N2O.C2H6/c1-3-26-20-14-13-19(23(27)18-20)10-9-17-24(15-7-4-8-16-24)21-11-5-6-12-22(21)25-2;1-2/h5-6,9-14,18,25-27H,3-4,7-8,15-17H2,1-2H3;1-2H3/p+1/b10-9+;. The van der Waals surface area contributed by atoms with E-state index in [1.54, 1.807) is 6.07 Å². The first-order valence-corrected chi connectivity index (χ1v) is 11.3. The molecule has 3 rings (SSSR count). The summed E-state index contributed by atoms with van der Waals surface area (Å²) in [5.41, 5.74) is 4.92. The van der Waals surface area contributed by atoms with Gasteiger partial charge in [0.15, 0.2) is 0 Å². The molecular formula is C26H39N2O+. The number of benzene rings is 2. The summed E-state index contributed by atoms with van der Waals surface area (Å²) in [5, 5.41) is 15.8. The lowest BCUT2D eigenvalue weighted by Crippen LogP contribution is -2.73. The number of nitrogens with one attached hydrogen (secondary N) is 1. The zero-order valence-electron chi connectivity index (χ0n) is 18.7. The Labute approximate surface area is 177 Å². The molecule has 0 amide bonds. The SMILES string of the molecule is CC.CCNc1ccc(/C=C/CC2(c3ccccc3[NH2+]C)CCCCC2)c(O)c1. The predicted octanol–water partition coefficient (Wildman–Crippen LogP) is 5.98. The Kier molecular flexibility index (Phi) is 9.27. The Hall–Kier alpha value is -2.26. The van der Waals surface area contributed by atoms with Gasteiger partial charge in [0, 0.05) is 34.8 Å². The van der Waals surface area contributed by atoms with Crippen molar-refractivity contribution in [3.8, 4) is 5.75 Å². The summed E-state index contributed by atoms with van der Waals surface area (Å²) in [6.45, 7) is 6.91. The molecule has 0 atom stereocenters. The molecule has 0 aromatic heterocycles. The minimum absolute atomic E-state index is 0.219. The van der Waals surface area contributed by atoms with Gasteiger partial charge in [0.1, 0.15) is 11.4 Å². The van der Waals surface area contributed by atoms with Crippen LogP contribution in [0.1, 0.15) is 70.4 Å². The van der Waals surface area contributed by atoms with E-state index in [0.717, 1.165) is 24.2 Å². The van der Waals surface area contributed by atoms with Gasteiger partial charge in [-0.05, 0) is 44.4 Å². The number of anilines is 1. The predicted molar refractivity (Wildman–Crippen MR) is 126 cm³/mol. The van der Waals surface area contributed by atoms with Crippen molar-refractivity contribution < 1.29 is 10.4 Å². The van der Waals surface area contributed by atoms with Gasteiger partial charge in [-0.2, -0.15) is 0 Å². The Morgan fingerprint density at radius 3 is 2.45 bits per heavy atom. The normalized spacial score (nSPS) is 15.6. The van der Waals surface area contributed by atoms with Crippen molar-refractivity contribution in [3.05, 3.63) is 59.7 Å².